The second-order valence-electron chi connectivity index (χ2n) is 7.75. The van der Waals surface area contributed by atoms with Gasteiger partial charge in [0.2, 0.25) is 0 Å². The van der Waals surface area contributed by atoms with Crippen LogP contribution in [0.4, 0.5) is 9.93 Å². The third-order valence-corrected chi connectivity index (χ3v) is 6.88. The van der Waals surface area contributed by atoms with Crippen LogP contribution in [0.2, 0.25) is 0 Å². The summed E-state index contributed by atoms with van der Waals surface area (Å²) in [5.41, 5.74) is 1.09. The smallest absolute Gasteiger partial charge is 0.348 e. The van der Waals surface area contributed by atoms with E-state index in [0.717, 1.165) is 30.5 Å². The van der Waals surface area contributed by atoms with Gasteiger partial charge in [0, 0.05) is 63.5 Å². The Morgan fingerprint density at radius 1 is 1.00 bits per heavy atom. The average Bonchev–Trinajstić information content (AvgIpc) is 3.26. The van der Waals surface area contributed by atoms with Crippen molar-refractivity contribution >= 4 is 34.4 Å². The molecule has 0 aliphatic carbocycles. The second-order valence-corrected chi connectivity index (χ2v) is 8.82. The van der Waals surface area contributed by atoms with Crippen LogP contribution in [0, 0.1) is 6.92 Å². The van der Waals surface area contributed by atoms with Crippen molar-refractivity contribution in [3.05, 3.63) is 10.6 Å². The highest BCUT2D eigenvalue weighted by atomic mass is 32.1. The molecule has 3 aliphatic heterocycles. The summed E-state index contributed by atoms with van der Waals surface area (Å²) in [6, 6.07) is 0. The van der Waals surface area contributed by atoms with Gasteiger partial charge in [-0.05, 0) is 26.2 Å². The number of thiazole rings is 1. The maximum atomic E-state index is 12.3. The van der Waals surface area contributed by atoms with E-state index >= 15 is 0 Å². The summed E-state index contributed by atoms with van der Waals surface area (Å²) in [5, 5.41) is 1.73. The van der Waals surface area contributed by atoms with Gasteiger partial charge >= 0.3 is 6.09 Å². The zero-order valence-electron chi connectivity index (χ0n) is 16.8. The van der Waals surface area contributed by atoms with E-state index in [9.17, 15) is 14.4 Å². The molecule has 0 radical (unpaired) electrons. The Kier molecular flexibility index (Phi) is 6.00. The number of piperidine rings is 1. The molecule has 10 heteroatoms. The quantitative estimate of drug-likeness (QED) is 0.685. The Labute approximate surface area is 174 Å². The molecule has 29 heavy (non-hydrogen) atoms. The fraction of sp³-hybridized carbons (Fsp3) is 0.684. The number of amides is 3. The van der Waals surface area contributed by atoms with Gasteiger partial charge < -0.3 is 14.6 Å². The molecular weight excluding hydrogens is 394 g/mol. The van der Waals surface area contributed by atoms with E-state index in [1.807, 2.05) is 0 Å². The number of carbonyl (C=O) groups excluding carboxylic acids is 3. The third kappa shape index (κ3) is 4.53. The van der Waals surface area contributed by atoms with E-state index in [1.165, 1.54) is 24.1 Å². The summed E-state index contributed by atoms with van der Waals surface area (Å²) in [6.07, 6.45) is 3.36. The van der Waals surface area contributed by atoms with Gasteiger partial charge in [-0.2, -0.15) is 0 Å². The number of nitrogens with zero attached hydrogens (tertiary/aromatic N) is 5. The lowest BCUT2D eigenvalue weighted by Gasteiger charge is -2.34. The molecule has 4 heterocycles. The van der Waals surface area contributed by atoms with Crippen LogP contribution in [-0.2, 0) is 21.0 Å². The number of aromatic nitrogens is 1. The molecule has 3 saturated heterocycles. The van der Waals surface area contributed by atoms with Gasteiger partial charge in [-0.1, -0.05) is 0 Å². The van der Waals surface area contributed by atoms with Crippen molar-refractivity contribution in [3.63, 3.8) is 0 Å². The first-order chi connectivity index (χ1) is 14.0. The Balaban J connectivity index is 1.28. The Morgan fingerprint density at radius 2 is 1.66 bits per heavy atom. The van der Waals surface area contributed by atoms with E-state index in [-0.39, 0.29) is 12.8 Å². The fourth-order valence-corrected chi connectivity index (χ4v) is 5.02. The van der Waals surface area contributed by atoms with Crippen LogP contribution in [0.3, 0.4) is 0 Å². The topological polar surface area (TPSA) is 86.3 Å². The number of imide groups is 1. The van der Waals surface area contributed by atoms with E-state index in [1.54, 1.807) is 16.2 Å². The Morgan fingerprint density at radius 3 is 2.31 bits per heavy atom. The fourth-order valence-electron chi connectivity index (χ4n) is 3.87. The molecule has 3 amide bonds. The molecule has 0 saturated carbocycles. The van der Waals surface area contributed by atoms with Crippen molar-refractivity contribution < 1.29 is 19.2 Å². The Bertz CT molecular complexity index is 768. The molecule has 9 nitrogen and oxygen atoms in total. The molecule has 158 valence electrons. The van der Waals surface area contributed by atoms with E-state index in [2.05, 4.69) is 16.7 Å². The lowest BCUT2D eigenvalue weighted by Crippen LogP contribution is -2.50. The minimum atomic E-state index is -0.630. The van der Waals surface area contributed by atoms with Crippen LogP contribution in [0.1, 0.15) is 42.7 Å². The van der Waals surface area contributed by atoms with E-state index < -0.39 is 17.9 Å². The molecule has 0 aromatic carbocycles. The molecule has 0 N–H and O–H groups in total. The van der Waals surface area contributed by atoms with Crippen LogP contribution in [0.5, 0.6) is 0 Å². The number of carbonyl (C=O) groups is 3. The number of hydroxylamine groups is 2. The highest BCUT2D eigenvalue weighted by molar-refractivity contribution is 7.15. The van der Waals surface area contributed by atoms with Crippen molar-refractivity contribution in [1.82, 2.24) is 19.8 Å². The first-order valence-electron chi connectivity index (χ1n) is 10.3. The Hall–Kier alpha value is -2.20. The molecule has 3 fully saturated rings. The summed E-state index contributed by atoms with van der Waals surface area (Å²) in [5.74, 6) is -0.903. The number of hydrogen-bond acceptors (Lipinski definition) is 8. The minimum Gasteiger partial charge on any atom is -0.348 e. The van der Waals surface area contributed by atoms with Gasteiger partial charge in [-0.25, -0.2) is 9.78 Å². The molecule has 0 unspecified atom stereocenters. The minimum absolute atomic E-state index is 0.105. The van der Waals surface area contributed by atoms with Crippen molar-refractivity contribution in [2.45, 2.75) is 45.6 Å². The molecule has 1 aromatic rings. The molecule has 4 rings (SSSR count). The van der Waals surface area contributed by atoms with Crippen LogP contribution in [0.15, 0.2) is 0 Å². The largest absolute Gasteiger partial charge is 0.434 e. The van der Waals surface area contributed by atoms with Gasteiger partial charge in [0.25, 0.3) is 11.8 Å². The number of piperazine rings is 1. The molecule has 0 atom stereocenters. The van der Waals surface area contributed by atoms with E-state index in [4.69, 9.17) is 9.82 Å². The first kappa shape index (κ1) is 20.1. The van der Waals surface area contributed by atoms with Crippen molar-refractivity contribution in [1.29, 1.82) is 0 Å². The molecule has 3 aliphatic rings. The summed E-state index contributed by atoms with van der Waals surface area (Å²) in [6.45, 7) is 7.52. The highest BCUT2D eigenvalue weighted by Crippen LogP contribution is 2.29. The van der Waals surface area contributed by atoms with Crippen molar-refractivity contribution in [2.75, 3.05) is 44.2 Å². The standard InChI is InChI=1S/C19H27N5O4S/c1-14-15(29-18(20-14)22-7-3-2-4-8-22)13-21-9-11-23(12-10-21)19(27)28-24-16(25)5-6-17(24)26/h2-13H2,1H3. The molecular formula is C19H27N5O4S. The highest BCUT2D eigenvalue weighted by Gasteiger charge is 2.35. The first-order valence-corrected chi connectivity index (χ1v) is 11.1. The summed E-state index contributed by atoms with van der Waals surface area (Å²) >= 11 is 1.77. The van der Waals surface area contributed by atoms with Crippen LogP contribution in [-0.4, -0.2) is 77.0 Å². The number of aryl methyl sites for hydroxylation is 1. The van der Waals surface area contributed by atoms with E-state index in [0.29, 0.717) is 31.2 Å². The molecule has 0 spiro atoms. The van der Waals surface area contributed by atoms with Crippen molar-refractivity contribution in [3.8, 4) is 0 Å². The lowest BCUT2D eigenvalue weighted by atomic mass is 10.1. The maximum absolute atomic E-state index is 12.3. The molecule has 0 bridgehead atoms. The zero-order valence-corrected chi connectivity index (χ0v) is 17.6. The lowest BCUT2D eigenvalue weighted by molar-refractivity contribution is -0.174. The third-order valence-electron chi connectivity index (χ3n) is 5.68. The summed E-state index contributed by atoms with van der Waals surface area (Å²) in [4.78, 5) is 52.8. The summed E-state index contributed by atoms with van der Waals surface area (Å²) < 4.78 is 0. The second kappa shape index (κ2) is 8.66. The number of rotatable bonds is 4. The normalized spacial score (nSPS) is 21.2. The monoisotopic (exact) mass is 421 g/mol. The zero-order chi connectivity index (χ0) is 20.4. The van der Waals surface area contributed by atoms with Gasteiger partial charge in [-0.15, -0.1) is 16.4 Å². The van der Waals surface area contributed by atoms with Crippen LogP contribution < -0.4 is 4.90 Å². The predicted molar refractivity (Wildman–Crippen MR) is 107 cm³/mol. The van der Waals surface area contributed by atoms with Gasteiger partial charge in [-0.3, -0.25) is 14.5 Å². The van der Waals surface area contributed by atoms with Crippen LogP contribution in [0.25, 0.3) is 0 Å². The predicted octanol–water partition coefficient (Wildman–Crippen LogP) is 1.76. The maximum Gasteiger partial charge on any atom is 0.434 e. The average molecular weight is 422 g/mol. The van der Waals surface area contributed by atoms with Gasteiger partial charge in [0.15, 0.2) is 5.13 Å². The number of anilines is 1. The van der Waals surface area contributed by atoms with Gasteiger partial charge in [0.05, 0.1) is 5.69 Å². The summed E-state index contributed by atoms with van der Waals surface area (Å²) in [7, 11) is 0. The van der Waals surface area contributed by atoms with Crippen molar-refractivity contribution in [2.24, 2.45) is 0 Å². The van der Waals surface area contributed by atoms with Gasteiger partial charge in [0.1, 0.15) is 0 Å². The van der Waals surface area contributed by atoms with Crippen LogP contribution >= 0.6 is 11.3 Å². The number of hydrogen-bond donors (Lipinski definition) is 0. The molecule has 1 aromatic heterocycles. The SMILES string of the molecule is Cc1nc(N2CCCCC2)sc1CN1CCN(C(=O)ON2C(=O)CCC2=O)CC1.